The first-order valence-corrected chi connectivity index (χ1v) is 6.63. The van der Waals surface area contributed by atoms with Crippen molar-refractivity contribution >= 4 is 0 Å². The monoisotopic (exact) mass is 213 g/mol. The molecule has 0 amide bonds. The van der Waals surface area contributed by atoms with Crippen molar-refractivity contribution in [3.63, 3.8) is 0 Å². The lowest BCUT2D eigenvalue weighted by Gasteiger charge is -2.35. The normalized spacial score (nSPS) is 41.4. The van der Waals surface area contributed by atoms with E-state index in [0.29, 0.717) is 0 Å². The average Bonchev–Trinajstić information content (AvgIpc) is 2.87. The first-order valence-electron chi connectivity index (χ1n) is 6.63. The molecule has 0 aromatic carbocycles. The van der Waals surface area contributed by atoms with Gasteiger partial charge in [0.15, 0.2) is 0 Å². The van der Waals surface area contributed by atoms with Crippen LogP contribution in [-0.2, 0) is 4.74 Å². The zero-order valence-electron chi connectivity index (χ0n) is 11.0. The number of hydrogen-bond acceptors (Lipinski definition) is 2. The zero-order chi connectivity index (χ0) is 11.5. The highest BCUT2D eigenvalue weighted by atomic mass is 16.5. The van der Waals surface area contributed by atoms with E-state index in [4.69, 9.17) is 4.74 Å². The number of ether oxygens (including phenoxy) is 1. The summed E-state index contributed by atoms with van der Waals surface area (Å²) in [6.07, 6.45) is 2.64. The van der Waals surface area contributed by atoms with E-state index in [1.54, 1.807) is 0 Å². The van der Waals surface area contributed by atoms with Crippen molar-refractivity contribution in [2.75, 3.05) is 26.8 Å². The Morgan fingerprint density at radius 3 is 2.40 bits per heavy atom. The minimum atomic E-state index is 0.741. The molecule has 2 aliphatic heterocycles. The van der Waals surface area contributed by atoms with E-state index >= 15 is 0 Å². The van der Waals surface area contributed by atoms with Crippen LogP contribution in [0.1, 0.15) is 40.5 Å². The molecule has 1 saturated carbocycles. The number of likely N-dealkylation sites (tertiary alicyclic amines) is 1. The molecule has 3 fully saturated rings. The maximum absolute atomic E-state index is 5.46. The van der Waals surface area contributed by atoms with Gasteiger partial charge in [0.1, 0.15) is 0 Å². The van der Waals surface area contributed by atoms with E-state index in [-0.39, 0.29) is 0 Å². The molecule has 2 nitrogen and oxygen atoms in total. The second kappa shape index (κ2) is 5.31. The van der Waals surface area contributed by atoms with Gasteiger partial charge in [-0.1, -0.05) is 27.7 Å². The minimum Gasteiger partial charge on any atom is -0.381 e. The predicted octanol–water partition coefficient (Wildman–Crippen LogP) is 2.78. The first-order chi connectivity index (χ1) is 7.34. The summed E-state index contributed by atoms with van der Waals surface area (Å²) in [7, 11) is 2.26. The number of fused-ring (bicyclic) bond motifs is 1. The smallest absolute Gasteiger partial charge is 0.0472 e. The highest BCUT2D eigenvalue weighted by Gasteiger charge is 2.72. The summed E-state index contributed by atoms with van der Waals surface area (Å²) in [5, 5.41) is 0. The Morgan fingerprint density at radius 2 is 1.80 bits per heavy atom. The second-order valence-corrected chi connectivity index (χ2v) is 4.35. The number of nitrogens with zero attached hydrogens (tertiary/aromatic N) is 1. The van der Waals surface area contributed by atoms with E-state index in [2.05, 4.69) is 11.9 Å². The summed E-state index contributed by atoms with van der Waals surface area (Å²) < 4.78 is 5.46. The van der Waals surface area contributed by atoms with Crippen molar-refractivity contribution in [1.29, 1.82) is 0 Å². The minimum absolute atomic E-state index is 0.741. The molecule has 90 valence electrons. The van der Waals surface area contributed by atoms with Crippen LogP contribution in [0, 0.1) is 11.3 Å². The third-order valence-corrected chi connectivity index (χ3v) is 3.90. The lowest BCUT2D eigenvalue weighted by Crippen LogP contribution is -2.44. The van der Waals surface area contributed by atoms with Crippen molar-refractivity contribution in [3.05, 3.63) is 0 Å². The van der Waals surface area contributed by atoms with Crippen LogP contribution in [0.15, 0.2) is 0 Å². The van der Waals surface area contributed by atoms with Gasteiger partial charge in [-0.25, -0.2) is 0 Å². The third-order valence-electron chi connectivity index (χ3n) is 3.90. The van der Waals surface area contributed by atoms with Gasteiger partial charge in [0.05, 0.1) is 0 Å². The highest BCUT2D eigenvalue weighted by Crippen LogP contribution is 2.67. The van der Waals surface area contributed by atoms with Crippen molar-refractivity contribution in [2.24, 2.45) is 11.3 Å². The molecule has 0 aromatic heterocycles. The Hall–Kier alpha value is -0.0800. The largest absolute Gasteiger partial charge is 0.381 e. The van der Waals surface area contributed by atoms with Crippen LogP contribution in [0.2, 0.25) is 0 Å². The fourth-order valence-corrected chi connectivity index (χ4v) is 3.39. The average molecular weight is 213 g/mol. The molecule has 1 aliphatic carbocycles. The topological polar surface area (TPSA) is 12.5 Å². The van der Waals surface area contributed by atoms with Crippen molar-refractivity contribution in [2.45, 2.75) is 46.6 Å². The summed E-state index contributed by atoms with van der Waals surface area (Å²) in [5.74, 6) is 0.995. The molecular weight excluding hydrogens is 186 g/mol. The molecule has 3 rings (SSSR count). The van der Waals surface area contributed by atoms with Gasteiger partial charge in [0.25, 0.3) is 0 Å². The van der Waals surface area contributed by atoms with E-state index in [1.807, 2.05) is 27.7 Å². The molecule has 0 radical (unpaired) electrons. The van der Waals surface area contributed by atoms with Gasteiger partial charge in [-0.05, 0) is 25.8 Å². The molecule has 2 heteroatoms. The Kier molecular flexibility index (Phi) is 4.60. The molecule has 2 saturated heterocycles. The molecule has 2 heterocycles. The SMILES string of the molecule is CC.CC.CN1CC23CCOCCC2C13. The van der Waals surface area contributed by atoms with Gasteiger partial charge in [0.2, 0.25) is 0 Å². The first kappa shape index (κ1) is 13.0. The van der Waals surface area contributed by atoms with Crippen LogP contribution in [0.25, 0.3) is 0 Å². The quantitative estimate of drug-likeness (QED) is 0.613. The molecule has 3 aliphatic rings. The van der Waals surface area contributed by atoms with Crippen molar-refractivity contribution in [1.82, 2.24) is 4.90 Å². The third kappa shape index (κ3) is 1.94. The Labute approximate surface area is 95.0 Å². The van der Waals surface area contributed by atoms with Gasteiger partial charge >= 0.3 is 0 Å². The summed E-state index contributed by atoms with van der Waals surface area (Å²) in [5.41, 5.74) is 0.741. The van der Waals surface area contributed by atoms with Crippen molar-refractivity contribution < 1.29 is 4.74 Å². The van der Waals surface area contributed by atoms with Crippen LogP contribution in [0.5, 0.6) is 0 Å². The van der Waals surface area contributed by atoms with E-state index in [9.17, 15) is 0 Å². The fraction of sp³-hybridized carbons (Fsp3) is 1.00. The van der Waals surface area contributed by atoms with Gasteiger partial charge in [-0.2, -0.15) is 0 Å². The standard InChI is InChI=1S/C9H15NO.2C2H6/c1-10-6-9-3-5-11-4-2-7(9)8(9)10;2*1-2/h7-8H,2-6H2,1H3;2*1-2H3. The second-order valence-electron chi connectivity index (χ2n) is 4.35. The van der Waals surface area contributed by atoms with E-state index in [1.165, 1.54) is 19.4 Å². The van der Waals surface area contributed by atoms with Gasteiger partial charge in [-0.3, -0.25) is 0 Å². The number of rotatable bonds is 0. The Balaban J connectivity index is 0.000000255. The van der Waals surface area contributed by atoms with Gasteiger partial charge in [-0.15, -0.1) is 0 Å². The molecule has 0 aromatic rings. The lowest BCUT2D eigenvalue weighted by atomic mass is 9.93. The molecule has 0 N–H and O–H groups in total. The lowest BCUT2D eigenvalue weighted by molar-refractivity contribution is 0.0735. The molecule has 3 unspecified atom stereocenters. The van der Waals surface area contributed by atoms with Gasteiger partial charge in [0, 0.05) is 31.2 Å². The molecule has 0 bridgehead atoms. The van der Waals surface area contributed by atoms with E-state index in [0.717, 1.165) is 30.6 Å². The van der Waals surface area contributed by atoms with Crippen LogP contribution >= 0.6 is 0 Å². The van der Waals surface area contributed by atoms with Crippen LogP contribution in [0.4, 0.5) is 0 Å². The van der Waals surface area contributed by atoms with Crippen LogP contribution in [-0.4, -0.2) is 37.7 Å². The summed E-state index contributed by atoms with van der Waals surface area (Å²) >= 11 is 0. The summed E-state index contributed by atoms with van der Waals surface area (Å²) in [6, 6.07) is 0.950. The maximum Gasteiger partial charge on any atom is 0.0472 e. The maximum atomic E-state index is 5.46. The molecular formula is C13H27NO. The summed E-state index contributed by atoms with van der Waals surface area (Å²) in [6.45, 7) is 11.4. The fourth-order valence-electron chi connectivity index (χ4n) is 3.39. The highest BCUT2D eigenvalue weighted by molar-refractivity contribution is 5.24. The predicted molar refractivity (Wildman–Crippen MR) is 65.1 cm³/mol. The van der Waals surface area contributed by atoms with Crippen molar-refractivity contribution in [3.8, 4) is 0 Å². The number of hydrogen-bond donors (Lipinski definition) is 0. The summed E-state index contributed by atoms with van der Waals surface area (Å²) in [4.78, 5) is 2.51. The molecule has 1 spiro atoms. The van der Waals surface area contributed by atoms with Crippen LogP contribution < -0.4 is 0 Å². The van der Waals surface area contributed by atoms with E-state index < -0.39 is 0 Å². The van der Waals surface area contributed by atoms with Crippen LogP contribution in [0.3, 0.4) is 0 Å². The zero-order valence-corrected chi connectivity index (χ0v) is 11.0. The Bertz CT molecular complexity index is 195. The Morgan fingerprint density at radius 1 is 1.13 bits per heavy atom. The van der Waals surface area contributed by atoms with Gasteiger partial charge < -0.3 is 9.64 Å². The molecule has 15 heavy (non-hydrogen) atoms. The molecule has 3 atom stereocenters.